The van der Waals surface area contributed by atoms with Crippen LogP contribution in [0.4, 0.5) is 0 Å². The number of piperazine rings is 1. The van der Waals surface area contributed by atoms with Crippen molar-refractivity contribution in [1.82, 2.24) is 9.80 Å². The third kappa shape index (κ3) is 1.90. The summed E-state index contributed by atoms with van der Waals surface area (Å²) in [6.45, 7) is 0. The lowest BCUT2D eigenvalue weighted by Crippen LogP contribution is -2.77. The van der Waals surface area contributed by atoms with Crippen LogP contribution in [0.25, 0.3) is 0 Å². The third-order valence-electron chi connectivity index (χ3n) is 7.87. The lowest BCUT2D eigenvalue weighted by Gasteiger charge is -2.58. The fourth-order valence-corrected chi connectivity index (χ4v) is 9.52. The molecule has 2 aliphatic carbocycles. The maximum absolute atomic E-state index is 14.1. The molecule has 156 valence electrons. The van der Waals surface area contributed by atoms with Gasteiger partial charge in [-0.15, -0.1) is 23.5 Å². The van der Waals surface area contributed by atoms with Gasteiger partial charge in [-0.25, -0.2) is 0 Å². The molecule has 0 spiro atoms. The second-order valence-corrected chi connectivity index (χ2v) is 11.6. The number of fused-ring (bicyclic) bond motifs is 4. The Morgan fingerprint density at radius 2 is 1.76 bits per heavy atom. The first kappa shape index (κ1) is 18.7. The molecular formula is C19H22N2O6S2. The maximum atomic E-state index is 14.1. The van der Waals surface area contributed by atoms with Crippen LogP contribution in [0.2, 0.25) is 0 Å². The first-order chi connectivity index (χ1) is 13.8. The molecule has 6 rings (SSSR count). The van der Waals surface area contributed by atoms with Gasteiger partial charge in [0.25, 0.3) is 11.8 Å². The molecular weight excluding hydrogens is 416 g/mol. The summed E-state index contributed by atoms with van der Waals surface area (Å²) in [6, 6.07) is -1.35. The van der Waals surface area contributed by atoms with Crippen LogP contribution in [0.3, 0.4) is 0 Å². The molecule has 3 N–H and O–H groups in total. The highest BCUT2D eigenvalue weighted by Crippen LogP contribution is 2.64. The van der Waals surface area contributed by atoms with Crippen LogP contribution in [-0.2, 0) is 14.4 Å². The molecule has 0 aromatic heterocycles. The lowest BCUT2D eigenvalue weighted by atomic mass is 9.81. The molecule has 0 aromatic rings. The van der Waals surface area contributed by atoms with Gasteiger partial charge in [-0.05, 0) is 12.7 Å². The third-order valence-corrected chi connectivity index (χ3v) is 10.8. The Bertz CT molecular complexity index is 883. The average Bonchev–Trinajstić information content (AvgIpc) is 3.15. The summed E-state index contributed by atoms with van der Waals surface area (Å²) in [4.78, 5) is 41.3. The molecule has 4 saturated heterocycles. The Morgan fingerprint density at radius 3 is 2.48 bits per heavy atom. The number of aliphatic hydroxyl groups is 3. The van der Waals surface area contributed by atoms with Gasteiger partial charge in [0.2, 0.25) is 0 Å². The van der Waals surface area contributed by atoms with Crippen molar-refractivity contribution < 1.29 is 29.7 Å². The van der Waals surface area contributed by atoms with Crippen molar-refractivity contribution in [3.63, 3.8) is 0 Å². The Morgan fingerprint density at radius 1 is 1.03 bits per heavy atom. The molecule has 10 heteroatoms. The van der Waals surface area contributed by atoms with Gasteiger partial charge in [-0.1, -0.05) is 12.2 Å². The molecule has 8 nitrogen and oxygen atoms in total. The summed E-state index contributed by atoms with van der Waals surface area (Å²) in [7, 11) is 0. The van der Waals surface area contributed by atoms with E-state index in [1.165, 1.54) is 45.5 Å². The van der Waals surface area contributed by atoms with Gasteiger partial charge in [-0.2, -0.15) is 0 Å². The number of carbonyl (C=O) groups is 3. The first-order valence-corrected chi connectivity index (χ1v) is 12.0. The summed E-state index contributed by atoms with van der Waals surface area (Å²) in [5, 5.41) is 31.7. The van der Waals surface area contributed by atoms with Gasteiger partial charge in [0.1, 0.15) is 5.78 Å². The van der Waals surface area contributed by atoms with Crippen molar-refractivity contribution in [1.29, 1.82) is 0 Å². The van der Waals surface area contributed by atoms with Crippen LogP contribution in [0.1, 0.15) is 19.3 Å². The van der Waals surface area contributed by atoms with Crippen LogP contribution in [0.5, 0.6) is 0 Å². The van der Waals surface area contributed by atoms with E-state index in [4.69, 9.17) is 0 Å². The second-order valence-electron chi connectivity index (χ2n) is 8.97. The molecule has 5 fully saturated rings. The molecule has 0 radical (unpaired) electrons. The van der Waals surface area contributed by atoms with Crippen molar-refractivity contribution in [3.05, 3.63) is 12.2 Å². The van der Waals surface area contributed by atoms with Crippen molar-refractivity contribution in [2.75, 3.05) is 6.26 Å². The smallest absolute Gasteiger partial charge is 0.261 e. The van der Waals surface area contributed by atoms with Crippen molar-refractivity contribution in [3.8, 4) is 0 Å². The number of hydrogen-bond acceptors (Lipinski definition) is 8. The number of carbonyl (C=O) groups excluding carboxylic acids is 3. The minimum absolute atomic E-state index is 0.0111. The second kappa shape index (κ2) is 5.59. The van der Waals surface area contributed by atoms with Gasteiger partial charge < -0.3 is 25.1 Å². The summed E-state index contributed by atoms with van der Waals surface area (Å²) in [5.74, 6) is -1.52. The zero-order valence-corrected chi connectivity index (χ0v) is 17.3. The van der Waals surface area contributed by atoms with E-state index in [2.05, 4.69) is 0 Å². The van der Waals surface area contributed by atoms with Crippen molar-refractivity contribution in [2.24, 2.45) is 11.8 Å². The number of amides is 2. The topological polar surface area (TPSA) is 118 Å². The van der Waals surface area contributed by atoms with E-state index >= 15 is 0 Å². The summed E-state index contributed by atoms with van der Waals surface area (Å²) < 4.78 is 0. The minimum Gasteiger partial charge on any atom is -0.390 e. The lowest BCUT2D eigenvalue weighted by molar-refractivity contribution is -0.171. The Kier molecular flexibility index (Phi) is 3.60. The Labute approximate surface area is 175 Å². The molecule has 0 unspecified atom stereocenters. The molecule has 4 aliphatic heterocycles. The molecule has 1 saturated carbocycles. The van der Waals surface area contributed by atoms with Gasteiger partial charge in [0, 0.05) is 29.9 Å². The Hall–Kier alpha value is -1.07. The zero-order chi connectivity index (χ0) is 20.5. The number of thioether (sulfide) groups is 2. The van der Waals surface area contributed by atoms with Crippen molar-refractivity contribution >= 4 is 41.1 Å². The van der Waals surface area contributed by atoms with Crippen LogP contribution in [0.15, 0.2) is 12.2 Å². The predicted molar refractivity (Wildman–Crippen MR) is 105 cm³/mol. The molecule has 3 bridgehead atoms. The van der Waals surface area contributed by atoms with Gasteiger partial charge >= 0.3 is 0 Å². The standard InChI is InChI=1S/C19H22N2O6S2/c1-28-18-5-7-9(22)2-3-10(23)13(7)20(18)17(27)19-6-8-11(24)4-12(29-19)15(25)14(8)21(19)16(18)26/h2-3,7-10,12-15,22-23,25H,4-6H2,1H3/t7-,8-,9-,10-,12-,13-,14-,15-,18+,19+/m0/s1. The van der Waals surface area contributed by atoms with Crippen LogP contribution >= 0.6 is 23.5 Å². The van der Waals surface area contributed by atoms with E-state index < -0.39 is 57.2 Å². The number of hydrogen-bond donors (Lipinski definition) is 3. The number of ketones is 1. The predicted octanol–water partition coefficient (Wildman–Crippen LogP) is -1.07. The van der Waals surface area contributed by atoms with E-state index in [0.717, 1.165) is 0 Å². The Balaban J connectivity index is 1.54. The maximum Gasteiger partial charge on any atom is 0.261 e. The zero-order valence-electron chi connectivity index (χ0n) is 15.7. The number of aliphatic hydroxyl groups excluding tert-OH is 3. The first-order valence-electron chi connectivity index (χ1n) is 9.92. The molecule has 10 atom stereocenters. The quantitative estimate of drug-likeness (QED) is 0.443. The monoisotopic (exact) mass is 438 g/mol. The highest BCUT2D eigenvalue weighted by Gasteiger charge is 2.78. The van der Waals surface area contributed by atoms with Gasteiger partial charge in [0.15, 0.2) is 9.74 Å². The van der Waals surface area contributed by atoms with Crippen LogP contribution in [-0.4, -0.2) is 94.4 Å². The summed E-state index contributed by atoms with van der Waals surface area (Å²) in [6.07, 6.45) is 2.80. The number of Topliss-reactive ketones (excluding diaryl/α,β-unsaturated/α-hetero) is 1. The van der Waals surface area contributed by atoms with Crippen LogP contribution in [0, 0.1) is 11.8 Å². The fraction of sp³-hybridized carbons (Fsp3) is 0.737. The van der Waals surface area contributed by atoms with Crippen LogP contribution < -0.4 is 0 Å². The molecule has 0 aromatic carbocycles. The highest BCUT2D eigenvalue weighted by atomic mass is 32.2. The highest BCUT2D eigenvalue weighted by molar-refractivity contribution is 8.02. The number of nitrogens with zero attached hydrogens (tertiary/aromatic N) is 2. The van der Waals surface area contributed by atoms with E-state index in [-0.39, 0.29) is 36.9 Å². The fourth-order valence-electron chi connectivity index (χ4n) is 6.65. The average molecular weight is 439 g/mol. The molecule has 6 aliphatic rings. The van der Waals surface area contributed by atoms with E-state index in [9.17, 15) is 29.7 Å². The van der Waals surface area contributed by atoms with E-state index in [0.29, 0.717) is 0 Å². The van der Waals surface area contributed by atoms with E-state index in [1.54, 1.807) is 6.26 Å². The summed E-state index contributed by atoms with van der Waals surface area (Å²) >= 11 is 2.48. The molecule has 4 heterocycles. The van der Waals surface area contributed by atoms with Gasteiger partial charge in [-0.3, -0.25) is 14.4 Å². The molecule has 29 heavy (non-hydrogen) atoms. The van der Waals surface area contributed by atoms with Crippen molar-refractivity contribution in [2.45, 2.75) is 64.6 Å². The van der Waals surface area contributed by atoms with Gasteiger partial charge in [0.05, 0.1) is 30.4 Å². The number of rotatable bonds is 1. The summed E-state index contributed by atoms with van der Waals surface area (Å²) in [5.41, 5.74) is 0. The molecule has 2 amide bonds. The normalized spacial score (nSPS) is 54.7. The SMILES string of the molecule is CS[C@@]12C[C@@H]3[C@@H]([C@@H](O)C=C[C@@H]3O)N1C(=O)[C@@]13C[C@H]4C(=O)C[C@H](S1)[C@H](O)[C@H]4N3C2=O. The largest absolute Gasteiger partial charge is 0.390 e. The minimum atomic E-state index is -1.24. The van der Waals surface area contributed by atoms with E-state index in [1.807, 2.05) is 0 Å².